The molecule has 2 aliphatic rings. The van der Waals surface area contributed by atoms with Crippen LogP contribution in [0.3, 0.4) is 0 Å². The summed E-state index contributed by atoms with van der Waals surface area (Å²) in [6, 6.07) is 1.98. The SMILES string of the molecule is OC(CC1CC2CCC1C2)c1cc[nH]c1. The largest absolute Gasteiger partial charge is 0.388 e. The van der Waals surface area contributed by atoms with Gasteiger partial charge < -0.3 is 10.1 Å². The van der Waals surface area contributed by atoms with Gasteiger partial charge in [0.2, 0.25) is 0 Å². The summed E-state index contributed by atoms with van der Waals surface area (Å²) < 4.78 is 0. The summed E-state index contributed by atoms with van der Waals surface area (Å²) >= 11 is 0. The first-order valence-electron chi connectivity index (χ1n) is 6.13. The Morgan fingerprint density at radius 2 is 2.33 bits per heavy atom. The molecule has 2 heteroatoms. The summed E-state index contributed by atoms with van der Waals surface area (Å²) in [5.41, 5.74) is 1.05. The summed E-state index contributed by atoms with van der Waals surface area (Å²) in [7, 11) is 0. The number of aromatic nitrogens is 1. The second kappa shape index (κ2) is 3.67. The predicted molar refractivity (Wildman–Crippen MR) is 59.3 cm³/mol. The van der Waals surface area contributed by atoms with Gasteiger partial charge in [-0.2, -0.15) is 0 Å². The molecule has 0 aromatic carbocycles. The molecule has 3 rings (SSSR count). The smallest absolute Gasteiger partial charge is 0.0807 e. The Balaban J connectivity index is 1.62. The zero-order chi connectivity index (χ0) is 10.3. The maximum atomic E-state index is 10.1. The van der Waals surface area contributed by atoms with Gasteiger partial charge in [-0.15, -0.1) is 0 Å². The first-order valence-corrected chi connectivity index (χ1v) is 6.13. The maximum Gasteiger partial charge on any atom is 0.0807 e. The molecular formula is C13H19NO. The third-order valence-corrected chi connectivity index (χ3v) is 4.42. The number of hydrogen-bond donors (Lipinski definition) is 2. The van der Waals surface area contributed by atoms with E-state index < -0.39 is 0 Å². The summed E-state index contributed by atoms with van der Waals surface area (Å²) in [5.74, 6) is 2.69. The zero-order valence-electron chi connectivity index (χ0n) is 9.02. The van der Waals surface area contributed by atoms with Crippen LogP contribution in [-0.2, 0) is 0 Å². The van der Waals surface area contributed by atoms with Gasteiger partial charge in [0.05, 0.1) is 6.10 Å². The van der Waals surface area contributed by atoms with Gasteiger partial charge >= 0.3 is 0 Å². The number of fused-ring (bicyclic) bond motifs is 2. The van der Waals surface area contributed by atoms with Crippen LogP contribution in [0.2, 0.25) is 0 Å². The molecule has 4 unspecified atom stereocenters. The van der Waals surface area contributed by atoms with Gasteiger partial charge in [0, 0.05) is 12.4 Å². The van der Waals surface area contributed by atoms with Crippen molar-refractivity contribution in [2.75, 3.05) is 0 Å². The topological polar surface area (TPSA) is 36.0 Å². The Morgan fingerprint density at radius 1 is 1.40 bits per heavy atom. The standard InChI is InChI=1S/C13H19NO/c15-13(11-3-4-14-8-11)7-12-6-9-1-2-10(12)5-9/h3-4,8-10,12-15H,1-2,5-7H2. The van der Waals surface area contributed by atoms with Crippen molar-refractivity contribution in [2.45, 2.75) is 38.2 Å². The van der Waals surface area contributed by atoms with Gasteiger partial charge in [0.25, 0.3) is 0 Å². The maximum absolute atomic E-state index is 10.1. The number of hydrogen-bond acceptors (Lipinski definition) is 1. The molecule has 82 valence electrons. The average molecular weight is 205 g/mol. The monoisotopic (exact) mass is 205 g/mol. The highest BCUT2D eigenvalue weighted by Crippen LogP contribution is 2.50. The lowest BCUT2D eigenvalue weighted by molar-refractivity contribution is 0.126. The fourth-order valence-corrected chi connectivity index (χ4v) is 3.63. The van der Waals surface area contributed by atoms with Crippen LogP contribution in [0.15, 0.2) is 18.5 Å². The van der Waals surface area contributed by atoms with Crippen LogP contribution in [0.4, 0.5) is 0 Å². The molecule has 1 aromatic heterocycles. The van der Waals surface area contributed by atoms with Crippen molar-refractivity contribution in [1.82, 2.24) is 4.98 Å². The van der Waals surface area contributed by atoms with E-state index in [2.05, 4.69) is 4.98 Å². The Bertz CT molecular complexity index is 319. The Labute approximate surface area is 90.7 Å². The molecule has 2 saturated carbocycles. The molecule has 2 aliphatic carbocycles. The molecule has 2 bridgehead atoms. The van der Waals surface area contributed by atoms with Gasteiger partial charge in [-0.3, -0.25) is 0 Å². The van der Waals surface area contributed by atoms with Gasteiger partial charge in [-0.05, 0) is 55.1 Å². The van der Waals surface area contributed by atoms with Crippen molar-refractivity contribution in [3.05, 3.63) is 24.0 Å². The van der Waals surface area contributed by atoms with E-state index in [1.54, 1.807) is 0 Å². The number of aromatic amines is 1. The summed E-state index contributed by atoms with van der Waals surface area (Å²) in [6.45, 7) is 0. The second-order valence-corrected chi connectivity index (χ2v) is 5.33. The summed E-state index contributed by atoms with van der Waals surface area (Å²) in [6.07, 6.45) is 10.2. The molecule has 0 aliphatic heterocycles. The number of aliphatic hydroxyl groups excluding tert-OH is 1. The van der Waals surface area contributed by atoms with Gasteiger partial charge in [-0.1, -0.05) is 6.42 Å². The predicted octanol–water partition coefficient (Wildman–Crippen LogP) is 2.87. The minimum Gasteiger partial charge on any atom is -0.388 e. The molecule has 15 heavy (non-hydrogen) atoms. The van der Waals surface area contributed by atoms with Crippen LogP contribution in [0.1, 0.15) is 43.8 Å². The lowest BCUT2D eigenvalue weighted by Gasteiger charge is -2.23. The number of nitrogens with one attached hydrogen (secondary N) is 1. The van der Waals surface area contributed by atoms with E-state index >= 15 is 0 Å². The van der Waals surface area contributed by atoms with Crippen molar-refractivity contribution in [3.8, 4) is 0 Å². The van der Waals surface area contributed by atoms with E-state index in [-0.39, 0.29) is 6.10 Å². The fraction of sp³-hybridized carbons (Fsp3) is 0.692. The summed E-state index contributed by atoms with van der Waals surface area (Å²) in [4.78, 5) is 3.01. The van der Waals surface area contributed by atoms with E-state index in [0.29, 0.717) is 0 Å². The quantitative estimate of drug-likeness (QED) is 0.782. The molecule has 4 atom stereocenters. The van der Waals surface area contributed by atoms with Gasteiger partial charge in [0.1, 0.15) is 0 Å². The molecule has 2 fully saturated rings. The van der Waals surface area contributed by atoms with Crippen molar-refractivity contribution in [1.29, 1.82) is 0 Å². The Morgan fingerprint density at radius 3 is 2.93 bits per heavy atom. The fourth-order valence-electron chi connectivity index (χ4n) is 3.63. The number of aliphatic hydroxyl groups is 1. The van der Waals surface area contributed by atoms with E-state index in [4.69, 9.17) is 0 Å². The van der Waals surface area contributed by atoms with Gasteiger partial charge in [-0.25, -0.2) is 0 Å². The van der Waals surface area contributed by atoms with E-state index in [1.165, 1.54) is 25.7 Å². The van der Waals surface area contributed by atoms with Crippen LogP contribution >= 0.6 is 0 Å². The van der Waals surface area contributed by atoms with E-state index in [9.17, 15) is 5.11 Å². The first kappa shape index (κ1) is 9.46. The molecule has 2 N–H and O–H groups in total. The molecule has 0 saturated heterocycles. The number of rotatable bonds is 3. The molecule has 0 spiro atoms. The third-order valence-electron chi connectivity index (χ3n) is 4.42. The minimum atomic E-state index is -0.249. The highest BCUT2D eigenvalue weighted by atomic mass is 16.3. The lowest BCUT2D eigenvalue weighted by Crippen LogP contribution is -2.14. The van der Waals surface area contributed by atoms with E-state index in [0.717, 1.165) is 29.7 Å². The lowest BCUT2D eigenvalue weighted by atomic mass is 9.84. The van der Waals surface area contributed by atoms with E-state index in [1.807, 2.05) is 18.5 Å². The molecule has 1 aromatic rings. The van der Waals surface area contributed by atoms with Crippen LogP contribution in [0.5, 0.6) is 0 Å². The van der Waals surface area contributed by atoms with Crippen molar-refractivity contribution in [2.24, 2.45) is 17.8 Å². The number of H-pyrrole nitrogens is 1. The van der Waals surface area contributed by atoms with Crippen LogP contribution < -0.4 is 0 Å². The highest BCUT2D eigenvalue weighted by Gasteiger charge is 2.40. The molecule has 2 nitrogen and oxygen atoms in total. The highest BCUT2D eigenvalue weighted by molar-refractivity contribution is 5.12. The van der Waals surface area contributed by atoms with Crippen molar-refractivity contribution >= 4 is 0 Å². The normalized spacial score (nSPS) is 35.9. The average Bonchev–Trinajstić information content (AvgIpc) is 2.95. The molecule has 0 amide bonds. The molecule has 1 heterocycles. The summed E-state index contributed by atoms with van der Waals surface area (Å²) in [5, 5.41) is 10.1. The van der Waals surface area contributed by atoms with Crippen LogP contribution in [-0.4, -0.2) is 10.1 Å². The molecular weight excluding hydrogens is 186 g/mol. The van der Waals surface area contributed by atoms with Crippen LogP contribution in [0.25, 0.3) is 0 Å². The Kier molecular flexibility index (Phi) is 2.32. The molecule has 0 radical (unpaired) electrons. The third kappa shape index (κ3) is 1.71. The zero-order valence-corrected chi connectivity index (χ0v) is 9.02. The minimum absolute atomic E-state index is 0.249. The van der Waals surface area contributed by atoms with Gasteiger partial charge in [0.15, 0.2) is 0 Å². The Hall–Kier alpha value is -0.760. The first-order chi connectivity index (χ1) is 7.33. The second-order valence-electron chi connectivity index (χ2n) is 5.33. The van der Waals surface area contributed by atoms with Crippen LogP contribution in [0, 0.1) is 17.8 Å². The van der Waals surface area contributed by atoms with Crippen molar-refractivity contribution in [3.63, 3.8) is 0 Å². The van der Waals surface area contributed by atoms with Crippen molar-refractivity contribution < 1.29 is 5.11 Å².